The van der Waals surface area contributed by atoms with Crippen LogP contribution in [0.3, 0.4) is 0 Å². The first-order valence-corrected chi connectivity index (χ1v) is 6.37. The van der Waals surface area contributed by atoms with Gasteiger partial charge in [-0.15, -0.1) is 11.3 Å². The Bertz CT molecular complexity index is 510. The number of nitrogens with zero attached hydrogens (tertiary/aromatic N) is 1. The number of amides is 1. The molecule has 3 nitrogen and oxygen atoms in total. The summed E-state index contributed by atoms with van der Waals surface area (Å²) in [7, 11) is 0. The van der Waals surface area contributed by atoms with Crippen LogP contribution in [0.1, 0.15) is 4.88 Å². The van der Waals surface area contributed by atoms with E-state index in [1.807, 2.05) is 17.5 Å². The summed E-state index contributed by atoms with van der Waals surface area (Å²) in [5, 5.41) is 1.95. The van der Waals surface area contributed by atoms with Gasteiger partial charge in [0.15, 0.2) is 0 Å². The molecule has 94 valence electrons. The molecular formula is C13H13FN2OS. The molecule has 2 N–H and O–H groups in total. The zero-order valence-electron chi connectivity index (χ0n) is 9.67. The van der Waals surface area contributed by atoms with Crippen LogP contribution >= 0.6 is 11.3 Å². The third kappa shape index (κ3) is 2.94. The molecular weight excluding hydrogens is 251 g/mol. The van der Waals surface area contributed by atoms with Crippen LogP contribution in [-0.2, 0) is 11.3 Å². The molecule has 2 aromatic rings. The van der Waals surface area contributed by atoms with Crippen molar-refractivity contribution in [3.8, 4) is 0 Å². The Hall–Kier alpha value is -1.72. The molecule has 0 atom stereocenters. The van der Waals surface area contributed by atoms with E-state index >= 15 is 0 Å². The van der Waals surface area contributed by atoms with E-state index in [1.54, 1.807) is 28.4 Å². The minimum Gasteiger partial charge on any atom is -0.322 e. The molecule has 1 aromatic heterocycles. The van der Waals surface area contributed by atoms with Crippen LogP contribution in [0.4, 0.5) is 10.1 Å². The van der Waals surface area contributed by atoms with E-state index in [0.717, 1.165) is 4.88 Å². The number of thiophene rings is 1. The minimum absolute atomic E-state index is 0.0667. The van der Waals surface area contributed by atoms with Crippen LogP contribution in [-0.4, -0.2) is 12.5 Å². The van der Waals surface area contributed by atoms with Crippen LogP contribution in [0.2, 0.25) is 0 Å². The zero-order chi connectivity index (χ0) is 13.0. The summed E-state index contributed by atoms with van der Waals surface area (Å²) < 4.78 is 12.9. The maximum atomic E-state index is 12.9. The van der Waals surface area contributed by atoms with E-state index in [0.29, 0.717) is 12.2 Å². The van der Waals surface area contributed by atoms with Crippen LogP contribution in [0, 0.1) is 5.82 Å². The predicted molar refractivity (Wildman–Crippen MR) is 71.0 cm³/mol. The molecule has 0 unspecified atom stereocenters. The Morgan fingerprint density at radius 3 is 2.56 bits per heavy atom. The summed E-state index contributed by atoms with van der Waals surface area (Å²) >= 11 is 1.57. The molecule has 0 aliphatic carbocycles. The maximum absolute atomic E-state index is 12.9. The van der Waals surface area contributed by atoms with Gasteiger partial charge < -0.3 is 10.6 Å². The van der Waals surface area contributed by atoms with Gasteiger partial charge in [-0.2, -0.15) is 0 Å². The summed E-state index contributed by atoms with van der Waals surface area (Å²) in [6.45, 7) is 0.391. The zero-order valence-corrected chi connectivity index (χ0v) is 10.5. The lowest BCUT2D eigenvalue weighted by molar-refractivity contribution is -0.117. The van der Waals surface area contributed by atoms with Crippen molar-refractivity contribution in [2.45, 2.75) is 6.54 Å². The first-order chi connectivity index (χ1) is 8.70. The number of benzene rings is 1. The Morgan fingerprint density at radius 1 is 1.28 bits per heavy atom. The quantitative estimate of drug-likeness (QED) is 0.921. The Kier molecular flexibility index (Phi) is 4.07. The van der Waals surface area contributed by atoms with Crippen LogP contribution in [0.5, 0.6) is 0 Å². The first-order valence-electron chi connectivity index (χ1n) is 5.49. The van der Waals surface area contributed by atoms with Crippen molar-refractivity contribution in [2.75, 3.05) is 11.4 Å². The number of carbonyl (C=O) groups is 1. The number of rotatable bonds is 4. The van der Waals surface area contributed by atoms with Crippen molar-refractivity contribution in [1.82, 2.24) is 0 Å². The summed E-state index contributed by atoms with van der Waals surface area (Å²) in [4.78, 5) is 14.5. The molecule has 1 aromatic carbocycles. The highest BCUT2D eigenvalue weighted by Crippen LogP contribution is 2.20. The average Bonchev–Trinajstić information content (AvgIpc) is 2.89. The van der Waals surface area contributed by atoms with Gasteiger partial charge in [0.1, 0.15) is 5.82 Å². The first kappa shape index (κ1) is 12.7. The second-order valence-corrected chi connectivity index (χ2v) is 4.77. The third-order valence-electron chi connectivity index (χ3n) is 2.51. The van der Waals surface area contributed by atoms with Gasteiger partial charge in [0, 0.05) is 10.6 Å². The highest BCUT2D eigenvalue weighted by molar-refractivity contribution is 7.09. The van der Waals surface area contributed by atoms with Crippen molar-refractivity contribution in [3.05, 3.63) is 52.5 Å². The Labute approximate surface area is 109 Å². The summed E-state index contributed by atoms with van der Waals surface area (Å²) in [5.74, 6) is -0.509. The molecule has 0 saturated carbocycles. The normalized spacial score (nSPS) is 10.3. The van der Waals surface area contributed by atoms with E-state index in [-0.39, 0.29) is 18.3 Å². The second kappa shape index (κ2) is 5.75. The lowest BCUT2D eigenvalue weighted by Crippen LogP contribution is -2.35. The topological polar surface area (TPSA) is 46.3 Å². The highest BCUT2D eigenvalue weighted by Gasteiger charge is 2.15. The summed E-state index contributed by atoms with van der Waals surface area (Å²) in [5.41, 5.74) is 6.06. The van der Waals surface area contributed by atoms with Crippen LogP contribution < -0.4 is 10.6 Å². The molecule has 0 bridgehead atoms. The molecule has 5 heteroatoms. The second-order valence-electron chi connectivity index (χ2n) is 3.74. The van der Waals surface area contributed by atoms with Gasteiger partial charge in [-0.25, -0.2) is 4.39 Å². The van der Waals surface area contributed by atoms with Gasteiger partial charge >= 0.3 is 0 Å². The predicted octanol–water partition coefficient (Wildman–Crippen LogP) is 2.38. The van der Waals surface area contributed by atoms with Gasteiger partial charge in [0.2, 0.25) is 5.91 Å². The van der Waals surface area contributed by atoms with Crippen LogP contribution in [0.25, 0.3) is 0 Å². The molecule has 0 spiro atoms. The van der Waals surface area contributed by atoms with E-state index < -0.39 is 0 Å². The number of hydrogen-bond donors (Lipinski definition) is 1. The van der Waals surface area contributed by atoms with Crippen molar-refractivity contribution >= 4 is 22.9 Å². The van der Waals surface area contributed by atoms with Crippen molar-refractivity contribution in [2.24, 2.45) is 5.73 Å². The smallest absolute Gasteiger partial charge is 0.241 e. The molecule has 18 heavy (non-hydrogen) atoms. The highest BCUT2D eigenvalue weighted by atomic mass is 32.1. The molecule has 0 aliphatic heterocycles. The van der Waals surface area contributed by atoms with E-state index in [9.17, 15) is 9.18 Å². The molecule has 0 saturated heterocycles. The van der Waals surface area contributed by atoms with E-state index in [2.05, 4.69) is 0 Å². The Morgan fingerprint density at radius 2 is 2.00 bits per heavy atom. The standard InChI is InChI=1S/C13H13FN2OS/c14-10-3-5-11(6-4-10)16(13(17)8-15)9-12-2-1-7-18-12/h1-7H,8-9,15H2. The van der Waals surface area contributed by atoms with Gasteiger partial charge in [-0.3, -0.25) is 4.79 Å². The van der Waals surface area contributed by atoms with Crippen molar-refractivity contribution < 1.29 is 9.18 Å². The van der Waals surface area contributed by atoms with E-state index in [4.69, 9.17) is 5.73 Å². The molecule has 0 radical (unpaired) electrons. The largest absolute Gasteiger partial charge is 0.322 e. The van der Waals surface area contributed by atoms with Gasteiger partial charge in [-0.1, -0.05) is 6.07 Å². The lowest BCUT2D eigenvalue weighted by atomic mass is 10.2. The van der Waals surface area contributed by atoms with Gasteiger partial charge in [0.05, 0.1) is 13.1 Å². The summed E-state index contributed by atoms with van der Waals surface area (Å²) in [6.07, 6.45) is 0. The fourth-order valence-electron chi connectivity index (χ4n) is 1.61. The Balaban J connectivity index is 2.25. The third-order valence-corrected chi connectivity index (χ3v) is 3.37. The monoisotopic (exact) mass is 264 g/mol. The SMILES string of the molecule is NCC(=O)N(Cc1cccs1)c1ccc(F)cc1. The number of nitrogens with two attached hydrogens (primary N) is 1. The molecule has 1 amide bonds. The summed E-state index contributed by atoms with van der Waals surface area (Å²) in [6, 6.07) is 9.70. The number of hydrogen-bond acceptors (Lipinski definition) is 3. The molecule has 2 rings (SSSR count). The number of anilines is 1. The average molecular weight is 264 g/mol. The maximum Gasteiger partial charge on any atom is 0.241 e. The minimum atomic E-state index is -0.324. The van der Waals surface area contributed by atoms with Crippen LogP contribution in [0.15, 0.2) is 41.8 Å². The number of carbonyl (C=O) groups excluding carboxylic acids is 1. The van der Waals surface area contributed by atoms with Gasteiger partial charge in [-0.05, 0) is 35.7 Å². The fourth-order valence-corrected chi connectivity index (χ4v) is 2.31. The van der Waals surface area contributed by atoms with E-state index in [1.165, 1.54) is 12.1 Å². The van der Waals surface area contributed by atoms with Crippen molar-refractivity contribution in [3.63, 3.8) is 0 Å². The molecule has 0 fully saturated rings. The van der Waals surface area contributed by atoms with Gasteiger partial charge in [0.25, 0.3) is 0 Å². The molecule has 0 aliphatic rings. The lowest BCUT2D eigenvalue weighted by Gasteiger charge is -2.21. The van der Waals surface area contributed by atoms with Crippen molar-refractivity contribution in [1.29, 1.82) is 0 Å². The fraction of sp³-hybridized carbons (Fsp3) is 0.154. The number of halogens is 1. The molecule has 1 heterocycles.